The smallest absolute Gasteiger partial charge is 0.335 e. The molecule has 0 aromatic carbocycles. The molecule has 4 N–H and O–H groups in total. The highest BCUT2D eigenvalue weighted by Gasteiger charge is 2.53. The number of hydrogen-bond donors (Lipinski definition) is 4. The standard InChI is InChI=1S/C12H17NO12/c14-5-6(15)10(11(17)18)24-12(7(5)16)23-3-1-21-9-4(25-13(19)20)2-22-8(3)9/h3-10,12,14-16H,1-2H2,(H,17,18)/t3-,4+,5-,6-,7-,8+,9+,10?,12+/m0/s1. The fourth-order valence-corrected chi connectivity index (χ4v) is 3.08. The minimum Gasteiger partial charge on any atom is -0.479 e. The lowest BCUT2D eigenvalue weighted by Crippen LogP contribution is -2.61. The molecule has 0 aliphatic carbocycles. The normalized spacial score (nSPS) is 46.6. The maximum Gasteiger partial charge on any atom is 0.335 e. The van der Waals surface area contributed by atoms with Gasteiger partial charge in [-0.3, -0.25) is 0 Å². The van der Waals surface area contributed by atoms with E-state index in [1.807, 2.05) is 0 Å². The van der Waals surface area contributed by atoms with Gasteiger partial charge in [-0.05, 0) is 0 Å². The van der Waals surface area contributed by atoms with Gasteiger partial charge in [0.05, 0.1) is 13.2 Å². The molecule has 0 spiro atoms. The van der Waals surface area contributed by atoms with Crippen LogP contribution in [0, 0.1) is 10.1 Å². The summed E-state index contributed by atoms with van der Waals surface area (Å²) in [6, 6.07) is 0. The minimum absolute atomic E-state index is 0.0735. The van der Waals surface area contributed by atoms with Crippen LogP contribution in [0.1, 0.15) is 0 Å². The van der Waals surface area contributed by atoms with Crippen LogP contribution in [0.2, 0.25) is 0 Å². The molecule has 25 heavy (non-hydrogen) atoms. The summed E-state index contributed by atoms with van der Waals surface area (Å²) in [6.07, 6.45) is -12.0. The lowest BCUT2D eigenvalue weighted by Gasteiger charge is -2.39. The summed E-state index contributed by atoms with van der Waals surface area (Å²) in [5, 5.41) is 47.8. The number of aliphatic carboxylic acids is 1. The number of hydrogen-bond acceptors (Lipinski definition) is 11. The zero-order valence-corrected chi connectivity index (χ0v) is 12.6. The average molecular weight is 367 g/mol. The van der Waals surface area contributed by atoms with Crippen LogP contribution >= 0.6 is 0 Å². The van der Waals surface area contributed by atoms with Crippen LogP contribution < -0.4 is 0 Å². The zero-order valence-electron chi connectivity index (χ0n) is 12.6. The van der Waals surface area contributed by atoms with Crippen LogP contribution in [-0.4, -0.2) is 99.8 Å². The third-order valence-electron chi connectivity index (χ3n) is 4.31. The second-order valence-corrected chi connectivity index (χ2v) is 5.87. The summed E-state index contributed by atoms with van der Waals surface area (Å²) >= 11 is 0. The fraction of sp³-hybridized carbons (Fsp3) is 0.917. The van der Waals surface area contributed by atoms with Crippen LogP contribution in [-0.2, 0) is 28.6 Å². The summed E-state index contributed by atoms with van der Waals surface area (Å²) in [7, 11) is 0. The van der Waals surface area contributed by atoms with Crippen LogP contribution in [0.5, 0.6) is 0 Å². The van der Waals surface area contributed by atoms with E-state index in [0.717, 1.165) is 0 Å². The fourth-order valence-electron chi connectivity index (χ4n) is 3.08. The molecule has 13 nitrogen and oxygen atoms in total. The van der Waals surface area contributed by atoms with Crippen molar-refractivity contribution < 1.29 is 54.1 Å². The van der Waals surface area contributed by atoms with E-state index < -0.39 is 66.2 Å². The van der Waals surface area contributed by atoms with Crippen molar-refractivity contribution in [3.05, 3.63) is 10.1 Å². The Balaban J connectivity index is 1.64. The molecular formula is C12H17NO12. The first kappa shape index (κ1) is 18.2. The number of fused-ring (bicyclic) bond motifs is 1. The zero-order chi connectivity index (χ0) is 18.3. The van der Waals surface area contributed by atoms with Crippen molar-refractivity contribution in [3.63, 3.8) is 0 Å². The van der Waals surface area contributed by atoms with Crippen molar-refractivity contribution in [2.45, 2.75) is 55.1 Å². The molecule has 1 unspecified atom stereocenters. The Labute approximate surface area is 139 Å². The molecule has 9 atom stereocenters. The van der Waals surface area contributed by atoms with Crippen molar-refractivity contribution in [2.24, 2.45) is 0 Å². The lowest BCUT2D eigenvalue weighted by atomic mass is 9.99. The Morgan fingerprint density at radius 3 is 2.24 bits per heavy atom. The van der Waals surface area contributed by atoms with E-state index in [1.165, 1.54) is 0 Å². The van der Waals surface area contributed by atoms with Gasteiger partial charge in [-0.15, -0.1) is 10.1 Å². The Morgan fingerprint density at radius 2 is 1.64 bits per heavy atom. The molecule has 3 fully saturated rings. The molecule has 0 radical (unpaired) electrons. The van der Waals surface area contributed by atoms with Gasteiger partial charge in [-0.1, -0.05) is 0 Å². The van der Waals surface area contributed by atoms with Gasteiger partial charge in [-0.25, -0.2) is 4.79 Å². The van der Waals surface area contributed by atoms with Crippen molar-refractivity contribution in [1.82, 2.24) is 0 Å². The van der Waals surface area contributed by atoms with Crippen LogP contribution in [0.25, 0.3) is 0 Å². The average Bonchev–Trinajstić information content (AvgIpc) is 3.11. The number of carbonyl (C=O) groups is 1. The van der Waals surface area contributed by atoms with Crippen LogP contribution in [0.3, 0.4) is 0 Å². The Bertz CT molecular complexity index is 530. The van der Waals surface area contributed by atoms with Gasteiger partial charge in [0.1, 0.15) is 36.6 Å². The number of carboxylic acid groups (broad SMARTS) is 1. The molecule has 3 aliphatic rings. The molecule has 0 bridgehead atoms. The van der Waals surface area contributed by atoms with E-state index in [2.05, 4.69) is 4.84 Å². The van der Waals surface area contributed by atoms with Crippen molar-refractivity contribution >= 4 is 5.97 Å². The number of ether oxygens (including phenoxy) is 4. The summed E-state index contributed by atoms with van der Waals surface area (Å²) in [5.74, 6) is -1.54. The molecule has 3 heterocycles. The largest absolute Gasteiger partial charge is 0.479 e. The molecular weight excluding hydrogens is 350 g/mol. The van der Waals surface area contributed by atoms with Crippen molar-refractivity contribution in [2.75, 3.05) is 13.2 Å². The van der Waals surface area contributed by atoms with Gasteiger partial charge in [0.2, 0.25) is 0 Å². The first-order valence-electron chi connectivity index (χ1n) is 7.42. The predicted octanol–water partition coefficient (Wildman–Crippen LogP) is -3.36. The first-order valence-corrected chi connectivity index (χ1v) is 7.42. The van der Waals surface area contributed by atoms with E-state index in [0.29, 0.717) is 0 Å². The molecule has 0 aromatic rings. The highest BCUT2D eigenvalue weighted by atomic mass is 17.0. The summed E-state index contributed by atoms with van der Waals surface area (Å²) < 4.78 is 21.2. The van der Waals surface area contributed by atoms with Crippen molar-refractivity contribution in [3.8, 4) is 0 Å². The van der Waals surface area contributed by atoms with Gasteiger partial charge in [-0.2, -0.15) is 0 Å². The van der Waals surface area contributed by atoms with Crippen molar-refractivity contribution in [1.29, 1.82) is 0 Å². The molecule has 3 aliphatic heterocycles. The molecule has 13 heteroatoms. The third-order valence-corrected chi connectivity index (χ3v) is 4.31. The molecule has 142 valence electrons. The number of carboxylic acids is 1. The topological polar surface area (TPSA) is 187 Å². The number of nitrogens with zero attached hydrogens (tertiary/aromatic N) is 1. The number of aliphatic hydroxyl groups excluding tert-OH is 3. The van der Waals surface area contributed by atoms with Crippen LogP contribution in [0.15, 0.2) is 0 Å². The summed E-state index contributed by atoms with van der Waals surface area (Å²) in [5.41, 5.74) is 0. The molecule has 0 saturated carbocycles. The molecule has 0 aromatic heterocycles. The SMILES string of the molecule is O=C(O)C1O[C@@H](O[C@H]2CO[C@H]3[C@@H]2OC[C@H]3O[N+](=O)[O-])[C@@H](O)[C@@H](O)[C@@H]1O. The highest BCUT2D eigenvalue weighted by Crippen LogP contribution is 2.33. The monoisotopic (exact) mass is 367 g/mol. The number of aliphatic hydroxyl groups is 3. The van der Waals surface area contributed by atoms with Crippen LogP contribution in [0.4, 0.5) is 0 Å². The maximum absolute atomic E-state index is 11.1. The first-order chi connectivity index (χ1) is 11.8. The Hall–Kier alpha value is -1.61. The highest BCUT2D eigenvalue weighted by molar-refractivity contribution is 5.73. The van der Waals surface area contributed by atoms with Gasteiger partial charge >= 0.3 is 5.97 Å². The molecule has 0 amide bonds. The van der Waals surface area contributed by atoms with E-state index in [4.69, 9.17) is 24.1 Å². The van der Waals surface area contributed by atoms with E-state index in [1.54, 1.807) is 0 Å². The van der Waals surface area contributed by atoms with E-state index in [-0.39, 0.29) is 13.2 Å². The minimum atomic E-state index is -1.83. The van der Waals surface area contributed by atoms with E-state index in [9.17, 15) is 30.2 Å². The Morgan fingerprint density at radius 1 is 1.04 bits per heavy atom. The van der Waals surface area contributed by atoms with Gasteiger partial charge in [0.15, 0.2) is 18.5 Å². The Kier molecular flexibility index (Phi) is 5.06. The second kappa shape index (κ2) is 6.95. The van der Waals surface area contributed by atoms with Gasteiger partial charge < -0.3 is 44.2 Å². The van der Waals surface area contributed by atoms with E-state index >= 15 is 0 Å². The van der Waals surface area contributed by atoms with Gasteiger partial charge in [0.25, 0.3) is 5.09 Å². The number of rotatable bonds is 5. The predicted molar refractivity (Wildman–Crippen MR) is 70.5 cm³/mol. The summed E-state index contributed by atoms with van der Waals surface area (Å²) in [6.45, 7) is -0.181. The molecule has 3 saturated heterocycles. The lowest BCUT2D eigenvalue weighted by molar-refractivity contribution is -0.769. The quantitative estimate of drug-likeness (QED) is 0.279. The van der Waals surface area contributed by atoms with Gasteiger partial charge in [0, 0.05) is 0 Å². The summed E-state index contributed by atoms with van der Waals surface area (Å²) in [4.78, 5) is 25.9. The molecule has 3 rings (SSSR count). The second-order valence-electron chi connectivity index (χ2n) is 5.87. The maximum atomic E-state index is 11.1. The third kappa shape index (κ3) is 3.39.